The number of aliphatic hydroxyl groups excluding tert-OH is 15. The summed E-state index contributed by atoms with van der Waals surface area (Å²) in [6, 6.07) is 0. The minimum atomic E-state index is -1.93. The minimum absolute atomic E-state index is 0.0985. The molecule has 0 radical (unpaired) electrons. The highest BCUT2D eigenvalue weighted by molar-refractivity contribution is 5.18. The van der Waals surface area contributed by atoms with Gasteiger partial charge in [-0.25, -0.2) is 0 Å². The standard InChI is InChI=1S/C51H86O25/c1-19(18-68-45-40(64)37(61)33(57)27(14-52)70-45)7-10-51(67)20(2)32-26(76-51)12-25-23-6-5-21-11-22(8-9-49(21,3)24(23)13-31(56)50(25,32)4)69-48-44(75-47-42(66)39(63)35(59)29(16-54)72-47)43(36(60)30(17-55)73-48)74-46-41(65)38(62)34(58)28(15-53)71-46/h19-48,52-67H,5-18H2,1-4H3. The van der Waals surface area contributed by atoms with Crippen molar-refractivity contribution in [2.24, 2.45) is 52.3 Å². The molecule has 440 valence electrons. The summed E-state index contributed by atoms with van der Waals surface area (Å²) in [7, 11) is 0. The van der Waals surface area contributed by atoms with Crippen molar-refractivity contribution in [3.05, 3.63) is 0 Å². The Balaban J connectivity index is 0.865. The van der Waals surface area contributed by atoms with Gasteiger partial charge in [-0.15, -0.1) is 0 Å². The fourth-order valence-electron chi connectivity index (χ4n) is 15.6. The summed E-state index contributed by atoms with van der Waals surface area (Å²) in [6.45, 7) is 5.52. The molecule has 33 atom stereocenters. The predicted octanol–water partition coefficient (Wildman–Crippen LogP) is -4.98. The van der Waals surface area contributed by atoms with Crippen molar-refractivity contribution in [1.29, 1.82) is 0 Å². The average molecular weight is 1100 g/mol. The predicted molar refractivity (Wildman–Crippen MR) is 253 cm³/mol. The van der Waals surface area contributed by atoms with Gasteiger partial charge in [0.25, 0.3) is 0 Å². The first-order valence-corrected chi connectivity index (χ1v) is 27.5. The van der Waals surface area contributed by atoms with E-state index in [9.17, 15) is 81.7 Å². The van der Waals surface area contributed by atoms with Gasteiger partial charge in [0.2, 0.25) is 0 Å². The van der Waals surface area contributed by atoms with Gasteiger partial charge in [0.15, 0.2) is 30.9 Å². The molecular weight excluding hydrogens is 1010 g/mol. The summed E-state index contributed by atoms with van der Waals surface area (Å²) in [5, 5.41) is 171. The molecule has 0 aromatic rings. The van der Waals surface area contributed by atoms with E-state index < -0.39 is 173 Å². The van der Waals surface area contributed by atoms with Crippen LogP contribution in [0.5, 0.6) is 0 Å². The van der Waals surface area contributed by atoms with E-state index in [4.69, 9.17) is 42.6 Å². The molecule has 0 bridgehead atoms. The first kappa shape index (κ1) is 59.6. The van der Waals surface area contributed by atoms with E-state index in [0.29, 0.717) is 38.5 Å². The third-order valence-electron chi connectivity index (χ3n) is 20.2. The fourth-order valence-corrected chi connectivity index (χ4v) is 15.6. The highest BCUT2D eigenvalue weighted by Crippen LogP contribution is 2.71. The number of hydrogen-bond donors (Lipinski definition) is 16. The van der Waals surface area contributed by atoms with E-state index in [1.807, 2.05) is 13.8 Å². The second kappa shape index (κ2) is 23.3. The van der Waals surface area contributed by atoms with Gasteiger partial charge in [-0.05, 0) is 86.4 Å². The molecule has 76 heavy (non-hydrogen) atoms. The van der Waals surface area contributed by atoms with Crippen LogP contribution >= 0.6 is 0 Å². The second-order valence-electron chi connectivity index (χ2n) is 24.3. The third kappa shape index (κ3) is 10.5. The van der Waals surface area contributed by atoms with E-state index in [2.05, 4.69) is 13.8 Å². The van der Waals surface area contributed by atoms with Crippen molar-refractivity contribution >= 4 is 0 Å². The van der Waals surface area contributed by atoms with Crippen molar-refractivity contribution in [2.45, 2.75) is 232 Å². The molecule has 5 saturated heterocycles. The molecule has 16 N–H and O–H groups in total. The zero-order valence-electron chi connectivity index (χ0n) is 43.5. The van der Waals surface area contributed by atoms with Crippen LogP contribution in [0.1, 0.15) is 85.5 Å². The number of hydrogen-bond acceptors (Lipinski definition) is 25. The Bertz CT molecular complexity index is 1910. The van der Waals surface area contributed by atoms with E-state index in [1.165, 1.54) is 0 Å². The number of aliphatic hydroxyl groups is 16. The van der Waals surface area contributed by atoms with Gasteiger partial charge in [-0.2, -0.15) is 0 Å². The molecular formula is C51H86O25. The monoisotopic (exact) mass is 1100 g/mol. The Morgan fingerprint density at radius 1 is 0.553 bits per heavy atom. The number of ether oxygens (including phenoxy) is 9. The first-order chi connectivity index (χ1) is 35.9. The van der Waals surface area contributed by atoms with Crippen LogP contribution in [0, 0.1) is 52.3 Å². The van der Waals surface area contributed by atoms with Crippen molar-refractivity contribution in [3.63, 3.8) is 0 Å². The molecule has 9 rings (SSSR count). The van der Waals surface area contributed by atoms with Gasteiger partial charge in [-0.1, -0.05) is 27.7 Å². The van der Waals surface area contributed by atoms with Gasteiger partial charge in [0.05, 0.1) is 51.3 Å². The van der Waals surface area contributed by atoms with Crippen LogP contribution in [0.2, 0.25) is 0 Å². The largest absolute Gasteiger partial charge is 0.394 e. The van der Waals surface area contributed by atoms with E-state index in [0.717, 1.165) is 12.8 Å². The van der Waals surface area contributed by atoms with Crippen LogP contribution in [-0.4, -0.2) is 262 Å². The maximum atomic E-state index is 12.4. The van der Waals surface area contributed by atoms with Crippen LogP contribution in [0.3, 0.4) is 0 Å². The molecule has 0 amide bonds. The molecule has 0 aromatic heterocycles. The van der Waals surface area contributed by atoms with Gasteiger partial charge in [0.1, 0.15) is 97.7 Å². The lowest BCUT2D eigenvalue weighted by molar-refractivity contribution is -0.396. The topological polar surface area (TPSA) is 407 Å². The maximum absolute atomic E-state index is 12.4. The Hall–Kier alpha value is -1.00. The summed E-state index contributed by atoms with van der Waals surface area (Å²) < 4.78 is 54.4. The molecule has 5 aliphatic heterocycles. The quantitative estimate of drug-likeness (QED) is 0.0644. The lowest BCUT2D eigenvalue weighted by atomic mass is 9.43. The average Bonchev–Trinajstić information content (AvgIpc) is 3.90. The van der Waals surface area contributed by atoms with E-state index in [1.54, 1.807) is 0 Å². The molecule has 0 aromatic carbocycles. The zero-order valence-corrected chi connectivity index (χ0v) is 43.5. The Morgan fingerprint density at radius 3 is 1.63 bits per heavy atom. The molecule has 33 unspecified atom stereocenters. The van der Waals surface area contributed by atoms with Gasteiger partial charge >= 0.3 is 0 Å². The molecule has 25 heteroatoms. The second-order valence-corrected chi connectivity index (χ2v) is 24.3. The van der Waals surface area contributed by atoms with Crippen LogP contribution in [0.25, 0.3) is 0 Å². The zero-order chi connectivity index (χ0) is 55.1. The summed E-state index contributed by atoms with van der Waals surface area (Å²) in [6.07, 6.45) is -28.6. The number of rotatable bonds is 16. The summed E-state index contributed by atoms with van der Waals surface area (Å²) in [4.78, 5) is 0. The first-order valence-electron chi connectivity index (χ1n) is 27.5. The van der Waals surface area contributed by atoms with Crippen LogP contribution in [0.4, 0.5) is 0 Å². The van der Waals surface area contributed by atoms with Crippen molar-refractivity contribution in [1.82, 2.24) is 0 Å². The number of fused-ring (bicyclic) bond motifs is 7. The minimum Gasteiger partial charge on any atom is -0.394 e. The Labute approximate surface area is 441 Å². The molecule has 4 saturated carbocycles. The molecule has 0 spiro atoms. The van der Waals surface area contributed by atoms with Crippen molar-refractivity contribution < 1.29 is 124 Å². The molecule has 5 heterocycles. The highest BCUT2D eigenvalue weighted by Gasteiger charge is 2.71. The summed E-state index contributed by atoms with van der Waals surface area (Å²) in [5.41, 5.74) is -0.782. The molecule has 9 aliphatic rings. The van der Waals surface area contributed by atoms with Crippen molar-refractivity contribution in [3.8, 4) is 0 Å². The lowest BCUT2D eigenvalue weighted by Gasteiger charge is -2.62. The Kier molecular flexibility index (Phi) is 18.3. The fraction of sp³-hybridized carbons (Fsp3) is 1.00. The molecule has 4 aliphatic carbocycles. The SMILES string of the molecule is CC(CCC1(O)OC2CC3C4CCC5CC(OC6OC(CO)C(O)C(OC7OC(CO)C(O)C(O)C7O)C6OC6OC(CO)C(O)C(O)C6O)CCC5(C)C4CC(O)C3(C)C2C1C)COC1OC(CO)C(O)C(O)C1O. The Morgan fingerprint density at radius 2 is 1.07 bits per heavy atom. The summed E-state index contributed by atoms with van der Waals surface area (Å²) >= 11 is 0. The third-order valence-corrected chi connectivity index (χ3v) is 20.2. The smallest absolute Gasteiger partial charge is 0.187 e. The lowest BCUT2D eigenvalue weighted by Crippen LogP contribution is -2.67. The van der Waals surface area contributed by atoms with Crippen LogP contribution in [-0.2, 0) is 42.6 Å². The molecule has 9 fully saturated rings. The van der Waals surface area contributed by atoms with Gasteiger partial charge in [-0.3, -0.25) is 0 Å². The van der Waals surface area contributed by atoms with Gasteiger partial charge in [0, 0.05) is 23.7 Å². The van der Waals surface area contributed by atoms with Crippen molar-refractivity contribution in [2.75, 3.05) is 33.0 Å². The van der Waals surface area contributed by atoms with Crippen LogP contribution in [0.15, 0.2) is 0 Å². The highest BCUT2D eigenvalue weighted by atomic mass is 16.8. The van der Waals surface area contributed by atoms with Crippen LogP contribution < -0.4 is 0 Å². The van der Waals surface area contributed by atoms with E-state index in [-0.39, 0.29) is 66.0 Å². The molecule has 25 nitrogen and oxygen atoms in total. The normalized spacial score (nSPS) is 55.8. The van der Waals surface area contributed by atoms with E-state index >= 15 is 0 Å². The maximum Gasteiger partial charge on any atom is 0.187 e. The van der Waals surface area contributed by atoms with Gasteiger partial charge < -0.3 is 124 Å². The summed E-state index contributed by atoms with van der Waals surface area (Å²) in [5.74, 6) is -1.45.